The predicted molar refractivity (Wildman–Crippen MR) is 105 cm³/mol. The van der Waals surface area contributed by atoms with Gasteiger partial charge in [0.15, 0.2) is 6.29 Å². The maximum atomic E-state index is 11.7. The second-order valence-electron chi connectivity index (χ2n) is 7.55. The Morgan fingerprint density at radius 1 is 1.30 bits per heavy atom. The number of rotatable bonds is 3. The first-order chi connectivity index (χ1) is 13.3. The second kappa shape index (κ2) is 6.57. The van der Waals surface area contributed by atoms with Crippen LogP contribution in [0.1, 0.15) is 34.7 Å². The van der Waals surface area contributed by atoms with E-state index in [4.69, 9.17) is 9.47 Å². The summed E-state index contributed by atoms with van der Waals surface area (Å²) in [5, 5.41) is 3.55. The van der Waals surface area contributed by atoms with Crippen molar-refractivity contribution in [2.24, 2.45) is 0 Å². The van der Waals surface area contributed by atoms with Crippen LogP contribution >= 0.6 is 0 Å². The Balaban J connectivity index is 1.67. The number of carbonyl (C=O) groups excluding carboxylic acids is 1. The van der Waals surface area contributed by atoms with Crippen LogP contribution in [0.2, 0.25) is 0 Å². The van der Waals surface area contributed by atoms with Crippen LogP contribution in [0.3, 0.4) is 0 Å². The molecule has 0 bridgehead atoms. The van der Waals surface area contributed by atoms with Crippen molar-refractivity contribution in [3.05, 3.63) is 41.5 Å². The topological polar surface area (TPSA) is 50.8 Å². The van der Waals surface area contributed by atoms with Gasteiger partial charge in [0.05, 0.1) is 19.4 Å². The molecule has 2 atom stereocenters. The van der Waals surface area contributed by atoms with Crippen molar-refractivity contribution < 1.29 is 14.3 Å². The number of hydrogen-bond acceptors (Lipinski definition) is 5. The van der Waals surface area contributed by atoms with Gasteiger partial charge in [-0.1, -0.05) is 0 Å². The Labute approximate surface area is 159 Å². The highest BCUT2D eigenvalue weighted by Gasteiger charge is 2.42. The summed E-state index contributed by atoms with van der Waals surface area (Å²) in [6, 6.07) is 10.6. The van der Waals surface area contributed by atoms with E-state index in [9.17, 15) is 4.79 Å². The molecule has 0 unspecified atom stereocenters. The molecule has 5 rings (SSSR count). The van der Waals surface area contributed by atoms with E-state index < -0.39 is 0 Å². The normalized spacial score (nSPS) is 23.1. The summed E-state index contributed by atoms with van der Waals surface area (Å²) < 4.78 is 11.4. The van der Waals surface area contributed by atoms with Crippen molar-refractivity contribution in [2.45, 2.75) is 24.8 Å². The minimum absolute atomic E-state index is 0.479. The molecule has 1 N–H and O–H groups in total. The zero-order valence-electron chi connectivity index (χ0n) is 15.5. The van der Waals surface area contributed by atoms with Crippen molar-refractivity contribution in [1.29, 1.82) is 0 Å². The summed E-state index contributed by atoms with van der Waals surface area (Å²) in [7, 11) is 1.62. The monoisotopic (exact) mass is 364 g/mol. The quantitative estimate of drug-likeness (QED) is 0.848. The lowest BCUT2D eigenvalue weighted by molar-refractivity contribution is 0.112. The van der Waals surface area contributed by atoms with Crippen LogP contribution in [-0.4, -0.2) is 45.7 Å². The second-order valence-corrected chi connectivity index (χ2v) is 7.55. The molecule has 1 fully saturated rings. The highest BCUT2D eigenvalue weighted by molar-refractivity contribution is 5.90. The van der Waals surface area contributed by atoms with E-state index in [1.807, 2.05) is 12.1 Å². The van der Waals surface area contributed by atoms with Gasteiger partial charge in [0, 0.05) is 30.6 Å². The molecule has 0 saturated carbocycles. The smallest absolute Gasteiger partial charge is 0.150 e. The molecule has 3 heterocycles. The lowest BCUT2D eigenvalue weighted by Gasteiger charge is -2.33. The zero-order chi connectivity index (χ0) is 18.4. The molecule has 5 heteroatoms. The average molecular weight is 364 g/mol. The van der Waals surface area contributed by atoms with Gasteiger partial charge >= 0.3 is 0 Å². The molecule has 3 aliphatic rings. The first-order valence-corrected chi connectivity index (χ1v) is 9.72. The van der Waals surface area contributed by atoms with Crippen LogP contribution in [0.25, 0.3) is 11.1 Å². The molecule has 5 nitrogen and oxygen atoms in total. The molecule has 2 aromatic carbocycles. The van der Waals surface area contributed by atoms with E-state index in [-0.39, 0.29) is 0 Å². The van der Waals surface area contributed by atoms with Gasteiger partial charge < -0.3 is 19.7 Å². The van der Waals surface area contributed by atoms with Gasteiger partial charge in [-0.15, -0.1) is 0 Å². The Kier molecular flexibility index (Phi) is 4.05. The van der Waals surface area contributed by atoms with Gasteiger partial charge in [0.25, 0.3) is 0 Å². The largest absolute Gasteiger partial charge is 0.497 e. The number of ether oxygens (including phenoxy) is 2. The molecular formula is C22H24N2O3. The van der Waals surface area contributed by atoms with Gasteiger partial charge in [0.2, 0.25) is 0 Å². The van der Waals surface area contributed by atoms with E-state index in [0.29, 0.717) is 23.3 Å². The molecule has 27 heavy (non-hydrogen) atoms. The number of nitrogens with one attached hydrogen (secondary N) is 1. The maximum absolute atomic E-state index is 11.7. The van der Waals surface area contributed by atoms with Crippen LogP contribution in [0.5, 0.6) is 11.5 Å². The first kappa shape index (κ1) is 16.6. The van der Waals surface area contributed by atoms with Gasteiger partial charge in [-0.2, -0.15) is 0 Å². The highest BCUT2D eigenvalue weighted by Crippen LogP contribution is 2.51. The fourth-order valence-corrected chi connectivity index (χ4v) is 4.91. The Morgan fingerprint density at radius 2 is 2.22 bits per heavy atom. The SMILES string of the molecule is COc1ccc(-c2cc3c4c(c2)[C@@H]2CNCC[C@@H]2N4CCCO3)c(C=O)c1. The fraction of sp³-hybridized carbons (Fsp3) is 0.409. The number of hydrogen-bond donors (Lipinski definition) is 1. The van der Waals surface area contributed by atoms with Gasteiger partial charge in [-0.05, 0) is 66.4 Å². The Bertz CT molecular complexity index is 895. The number of nitrogens with zero attached hydrogens (tertiary/aromatic N) is 1. The number of aldehydes is 1. The molecule has 0 spiro atoms. The fourth-order valence-electron chi connectivity index (χ4n) is 4.91. The minimum atomic E-state index is 0.479. The number of fused-ring (bicyclic) bond motifs is 3. The van der Waals surface area contributed by atoms with Gasteiger partial charge in [0.1, 0.15) is 11.5 Å². The lowest BCUT2D eigenvalue weighted by atomic mass is 9.88. The number of methoxy groups -OCH3 is 1. The van der Waals surface area contributed by atoms with E-state index >= 15 is 0 Å². The van der Waals surface area contributed by atoms with Crippen LogP contribution in [-0.2, 0) is 0 Å². The number of benzene rings is 2. The first-order valence-electron chi connectivity index (χ1n) is 9.72. The van der Waals surface area contributed by atoms with Crippen molar-refractivity contribution in [2.75, 3.05) is 38.3 Å². The Morgan fingerprint density at radius 3 is 3.07 bits per heavy atom. The van der Waals surface area contributed by atoms with Crippen LogP contribution in [0, 0.1) is 0 Å². The van der Waals surface area contributed by atoms with Gasteiger partial charge in [-0.25, -0.2) is 0 Å². The highest BCUT2D eigenvalue weighted by atomic mass is 16.5. The third-order valence-electron chi connectivity index (χ3n) is 6.13. The van der Waals surface area contributed by atoms with E-state index in [2.05, 4.69) is 22.3 Å². The molecule has 3 aliphatic heterocycles. The van der Waals surface area contributed by atoms with Gasteiger partial charge in [-0.3, -0.25) is 4.79 Å². The molecule has 0 aliphatic carbocycles. The number of anilines is 1. The van der Waals surface area contributed by atoms with E-state index in [1.54, 1.807) is 13.2 Å². The summed E-state index contributed by atoms with van der Waals surface area (Å²) in [6.07, 6.45) is 3.11. The summed E-state index contributed by atoms with van der Waals surface area (Å²) in [5.74, 6) is 2.13. The predicted octanol–water partition coefficient (Wildman–Crippen LogP) is 3.22. The molecule has 2 aromatic rings. The minimum Gasteiger partial charge on any atom is -0.497 e. The molecule has 1 saturated heterocycles. The number of carbonyl (C=O) groups is 1. The van der Waals surface area contributed by atoms with Crippen molar-refractivity contribution >= 4 is 12.0 Å². The van der Waals surface area contributed by atoms with E-state index in [1.165, 1.54) is 11.3 Å². The molecule has 0 amide bonds. The lowest BCUT2D eigenvalue weighted by Crippen LogP contribution is -2.44. The average Bonchev–Trinajstić information content (AvgIpc) is 2.88. The van der Waals surface area contributed by atoms with Crippen LogP contribution in [0.15, 0.2) is 30.3 Å². The Hall–Kier alpha value is -2.53. The molecular weight excluding hydrogens is 340 g/mol. The third-order valence-corrected chi connectivity index (χ3v) is 6.13. The number of piperidine rings is 1. The molecule has 140 valence electrons. The van der Waals surface area contributed by atoms with Crippen LogP contribution < -0.4 is 19.7 Å². The summed E-state index contributed by atoms with van der Waals surface area (Å²) in [5.41, 5.74) is 5.24. The van der Waals surface area contributed by atoms with Crippen molar-refractivity contribution in [1.82, 2.24) is 5.32 Å². The summed E-state index contributed by atoms with van der Waals surface area (Å²) in [4.78, 5) is 14.3. The maximum Gasteiger partial charge on any atom is 0.150 e. The molecule has 0 radical (unpaired) electrons. The standard InChI is InChI=1S/C22H24N2O3/c1-26-16-3-4-17(15(9-16)13-25)14-10-18-19-12-23-6-5-20(19)24-7-2-8-27-21(11-14)22(18)24/h3-4,9-11,13,19-20,23H,2,5-8,12H2,1H3/t19-,20-/m0/s1. The van der Waals surface area contributed by atoms with Crippen molar-refractivity contribution in [3.8, 4) is 22.6 Å². The third kappa shape index (κ3) is 2.60. The van der Waals surface area contributed by atoms with Crippen LogP contribution in [0.4, 0.5) is 5.69 Å². The summed E-state index contributed by atoms with van der Waals surface area (Å²) >= 11 is 0. The zero-order valence-corrected chi connectivity index (χ0v) is 15.5. The van der Waals surface area contributed by atoms with E-state index in [0.717, 1.165) is 62.2 Å². The summed E-state index contributed by atoms with van der Waals surface area (Å²) in [6.45, 7) is 3.87. The van der Waals surface area contributed by atoms with Crippen molar-refractivity contribution in [3.63, 3.8) is 0 Å². The molecule has 0 aromatic heterocycles.